The van der Waals surface area contributed by atoms with Crippen molar-refractivity contribution in [1.29, 1.82) is 5.26 Å². The lowest BCUT2D eigenvalue weighted by atomic mass is 10.1. The van der Waals surface area contributed by atoms with Crippen LogP contribution in [0.1, 0.15) is 28.4 Å². The van der Waals surface area contributed by atoms with Crippen LogP contribution in [0.15, 0.2) is 48.5 Å². The summed E-state index contributed by atoms with van der Waals surface area (Å²) in [4.78, 5) is 12.2. The summed E-state index contributed by atoms with van der Waals surface area (Å²) in [6.07, 6.45) is 3.94. The molecule has 0 fully saturated rings. The van der Waals surface area contributed by atoms with Gasteiger partial charge in [-0.1, -0.05) is 25.1 Å². The highest BCUT2D eigenvalue weighted by Crippen LogP contribution is 2.29. The summed E-state index contributed by atoms with van der Waals surface area (Å²) >= 11 is 0. The van der Waals surface area contributed by atoms with Gasteiger partial charge in [0.1, 0.15) is 0 Å². The number of hydrogen-bond donors (Lipinski definition) is 0. The van der Waals surface area contributed by atoms with Crippen LogP contribution in [0.2, 0.25) is 0 Å². The van der Waals surface area contributed by atoms with Crippen LogP contribution in [-0.2, 0) is 6.42 Å². The molecule has 0 aliphatic heterocycles. The summed E-state index contributed by atoms with van der Waals surface area (Å²) in [5, 5.41) is 8.55. The first-order valence-corrected chi connectivity index (χ1v) is 7.23. The average molecular weight is 307 g/mol. The van der Waals surface area contributed by atoms with Crippen molar-refractivity contribution in [2.45, 2.75) is 13.3 Å². The molecule has 0 heterocycles. The Bertz CT molecular complexity index is 755. The van der Waals surface area contributed by atoms with Gasteiger partial charge in [0.2, 0.25) is 0 Å². The highest BCUT2D eigenvalue weighted by molar-refractivity contribution is 5.91. The minimum absolute atomic E-state index is 0.339. The average Bonchev–Trinajstić information content (AvgIpc) is 2.60. The van der Waals surface area contributed by atoms with Crippen molar-refractivity contribution in [2.75, 3.05) is 7.11 Å². The lowest BCUT2D eigenvalue weighted by Crippen LogP contribution is -2.09. The number of carbonyl (C=O) groups is 1. The van der Waals surface area contributed by atoms with Crippen molar-refractivity contribution >= 4 is 12.0 Å². The third kappa shape index (κ3) is 4.21. The molecule has 0 N–H and O–H groups in total. The Balaban J connectivity index is 2.19. The molecule has 0 saturated heterocycles. The van der Waals surface area contributed by atoms with Crippen LogP contribution >= 0.6 is 0 Å². The summed E-state index contributed by atoms with van der Waals surface area (Å²) in [5.74, 6) is 0.334. The van der Waals surface area contributed by atoms with Crippen LogP contribution in [0.4, 0.5) is 0 Å². The molecule has 116 valence electrons. The van der Waals surface area contributed by atoms with E-state index in [1.807, 2.05) is 18.2 Å². The van der Waals surface area contributed by atoms with Crippen molar-refractivity contribution in [2.24, 2.45) is 0 Å². The zero-order valence-electron chi connectivity index (χ0n) is 13.1. The van der Waals surface area contributed by atoms with E-state index in [9.17, 15) is 4.79 Å². The second-order valence-electron chi connectivity index (χ2n) is 4.81. The number of benzene rings is 2. The fraction of sp³-hybridized carbons (Fsp3) is 0.158. The monoisotopic (exact) mass is 307 g/mol. The SMILES string of the molecule is CCc1ccc(C(=O)Oc2ccc(/C=C\C#N)cc2OC)cc1. The molecule has 2 aromatic rings. The van der Waals surface area contributed by atoms with Crippen LogP contribution in [-0.4, -0.2) is 13.1 Å². The first kappa shape index (κ1) is 16.3. The summed E-state index contributed by atoms with van der Waals surface area (Å²) in [6, 6.07) is 14.3. The van der Waals surface area contributed by atoms with Gasteiger partial charge in [0.25, 0.3) is 0 Å². The summed E-state index contributed by atoms with van der Waals surface area (Å²) < 4.78 is 10.6. The van der Waals surface area contributed by atoms with Crippen molar-refractivity contribution in [3.05, 3.63) is 65.2 Å². The fourth-order valence-electron chi connectivity index (χ4n) is 2.04. The Morgan fingerprint density at radius 3 is 2.52 bits per heavy atom. The minimum atomic E-state index is -0.439. The number of carbonyl (C=O) groups excluding carboxylic acids is 1. The Labute approximate surface area is 135 Å². The van der Waals surface area contributed by atoms with Gasteiger partial charge in [0.15, 0.2) is 11.5 Å². The van der Waals surface area contributed by atoms with Gasteiger partial charge < -0.3 is 9.47 Å². The zero-order valence-corrected chi connectivity index (χ0v) is 13.1. The van der Waals surface area contributed by atoms with E-state index in [1.54, 1.807) is 36.4 Å². The molecule has 0 saturated carbocycles. The van der Waals surface area contributed by atoms with Gasteiger partial charge in [-0.05, 0) is 47.9 Å². The Morgan fingerprint density at radius 2 is 1.91 bits per heavy atom. The van der Waals surface area contributed by atoms with Gasteiger partial charge in [-0.25, -0.2) is 4.79 Å². The summed E-state index contributed by atoms with van der Waals surface area (Å²) in [6.45, 7) is 2.06. The molecule has 4 heteroatoms. The predicted molar refractivity (Wildman–Crippen MR) is 88.4 cm³/mol. The number of hydrogen-bond acceptors (Lipinski definition) is 4. The predicted octanol–water partition coefficient (Wildman–Crippen LogP) is 4.01. The maximum atomic E-state index is 12.2. The van der Waals surface area contributed by atoms with Gasteiger partial charge in [0, 0.05) is 6.08 Å². The Morgan fingerprint density at radius 1 is 1.17 bits per heavy atom. The topological polar surface area (TPSA) is 59.3 Å². The van der Waals surface area contributed by atoms with Gasteiger partial charge >= 0.3 is 5.97 Å². The van der Waals surface area contributed by atoms with E-state index in [4.69, 9.17) is 14.7 Å². The molecule has 0 aromatic heterocycles. The third-order valence-electron chi connectivity index (χ3n) is 3.34. The third-order valence-corrected chi connectivity index (χ3v) is 3.34. The smallest absolute Gasteiger partial charge is 0.343 e. The van der Waals surface area contributed by atoms with Crippen LogP contribution in [0.3, 0.4) is 0 Å². The molecule has 0 aliphatic carbocycles. The molecule has 0 bridgehead atoms. The molecule has 4 nitrogen and oxygen atoms in total. The lowest BCUT2D eigenvalue weighted by molar-refractivity contribution is 0.0729. The second kappa shape index (κ2) is 7.81. The van der Waals surface area contributed by atoms with Gasteiger partial charge in [-0.3, -0.25) is 0 Å². The Hall–Kier alpha value is -3.06. The zero-order chi connectivity index (χ0) is 16.7. The normalized spacial score (nSPS) is 10.3. The highest BCUT2D eigenvalue weighted by Gasteiger charge is 2.12. The van der Waals surface area contributed by atoms with E-state index in [1.165, 1.54) is 13.2 Å². The van der Waals surface area contributed by atoms with Crippen molar-refractivity contribution < 1.29 is 14.3 Å². The van der Waals surface area contributed by atoms with E-state index in [2.05, 4.69) is 6.92 Å². The number of nitrogens with zero attached hydrogens (tertiary/aromatic N) is 1. The number of rotatable bonds is 5. The van der Waals surface area contributed by atoms with Crippen LogP contribution in [0, 0.1) is 11.3 Å². The van der Waals surface area contributed by atoms with E-state index in [0.717, 1.165) is 17.5 Å². The molecule has 2 aromatic carbocycles. The standard InChI is InChI=1S/C19H17NO3/c1-3-14-6-9-16(10-7-14)19(21)23-17-11-8-15(5-4-12-20)13-18(17)22-2/h4-11,13H,3H2,1-2H3/b5-4-. The molecule has 23 heavy (non-hydrogen) atoms. The number of methoxy groups -OCH3 is 1. The minimum Gasteiger partial charge on any atom is -0.493 e. The first-order chi connectivity index (χ1) is 11.2. The molecule has 0 unspecified atom stereocenters. The lowest BCUT2D eigenvalue weighted by Gasteiger charge is -2.10. The van der Waals surface area contributed by atoms with Crippen LogP contribution in [0.5, 0.6) is 11.5 Å². The van der Waals surface area contributed by atoms with Crippen molar-refractivity contribution in [3.8, 4) is 17.6 Å². The van der Waals surface area contributed by atoms with E-state index >= 15 is 0 Å². The molecular formula is C19H17NO3. The van der Waals surface area contributed by atoms with E-state index < -0.39 is 5.97 Å². The highest BCUT2D eigenvalue weighted by atomic mass is 16.6. The maximum Gasteiger partial charge on any atom is 0.343 e. The van der Waals surface area contributed by atoms with Gasteiger partial charge in [-0.2, -0.15) is 5.26 Å². The molecule has 0 amide bonds. The van der Waals surface area contributed by atoms with E-state index in [-0.39, 0.29) is 0 Å². The molecule has 2 rings (SSSR count). The first-order valence-electron chi connectivity index (χ1n) is 7.23. The summed E-state index contributed by atoms with van der Waals surface area (Å²) in [5.41, 5.74) is 2.43. The number of ether oxygens (including phenoxy) is 2. The molecule has 0 spiro atoms. The molecular weight excluding hydrogens is 290 g/mol. The summed E-state index contributed by atoms with van der Waals surface area (Å²) in [7, 11) is 1.50. The van der Waals surface area contributed by atoms with Gasteiger partial charge in [0.05, 0.1) is 18.7 Å². The quantitative estimate of drug-likeness (QED) is 0.475. The van der Waals surface area contributed by atoms with Gasteiger partial charge in [-0.15, -0.1) is 0 Å². The molecule has 0 atom stereocenters. The van der Waals surface area contributed by atoms with Crippen LogP contribution in [0.25, 0.3) is 6.08 Å². The maximum absolute atomic E-state index is 12.2. The number of nitriles is 1. The van der Waals surface area contributed by atoms with Crippen LogP contribution < -0.4 is 9.47 Å². The molecule has 0 aliphatic rings. The fourth-order valence-corrected chi connectivity index (χ4v) is 2.04. The molecule has 0 radical (unpaired) electrons. The second-order valence-corrected chi connectivity index (χ2v) is 4.81. The number of esters is 1. The number of aryl methyl sites for hydroxylation is 1. The largest absolute Gasteiger partial charge is 0.493 e. The van der Waals surface area contributed by atoms with Crippen molar-refractivity contribution in [1.82, 2.24) is 0 Å². The van der Waals surface area contributed by atoms with Crippen molar-refractivity contribution in [3.63, 3.8) is 0 Å². The number of allylic oxidation sites excluding steroid dienone is 1. The Kier molecular flexibility index (Phi) is 5.54. The van der Waals surface area contributed by atoms with E-state index in [0.29, 0.717) is 17.1 Å².